The third kappa shape index (κ3) is 9.62. The maximum Gasteiger partial charge on any atom is 0.220 e. The first-order valence-corrected chi connectivity index (χ1v) is 13.3. The molecule has 10 atom stereocenters. The topological polar surface area (TPSA) is 238 Å². The molecule has 2 heterocycles. The number of nitrogens with one attached hydrogen (secondary N) is 2. The van der Waals surface area contributed by atoms with Crippen molar-refractivity contribution in [2.75, 3.05) is 13.2 Å². The fourth-order valence-electron chi connectivity index (χ4n) is 4.65. The average molecular weight is 553 g/mol. The lowest BCUT2D eigenvalue weighted by molar-refractivity contribution is -0.253. The van der Waals surface area contributed by atoms with Gasteiger partial charge in [0.25, 0.3) is 0 Å². The zero-order valence-electron chi connectivity index (χ0n) is 21.5. The van der Waals surface area contributed by atoms with Crippen molar-refractivity contribution in [1.82, 2.24) is 10.6 Å². The summed E-state index contributed by atoms with van der Waals surface area (Å²) < 4.78 is 10.0. The largest absolute Gasteiger partial charge is 0.394 e. The van der Waals surface area contributed by atoms with Gasteiger partial charge in [-0.3, -0.25) is 9.59 Å². The smallest absolute Gasteiger partial charge is 0.220 e. The number of hydrogen-bond acceptors (Lipinski definition) is 12. The van der Waals surface area contributed by atoms with E-state index in [0.29, 0.717) is 12.8 Å². The van der Waals surface area contributed by atoms with E-state index in [1.165, 1.54) is 0 Å². The fourth-order valence-corrected chi connectivity index (χ4v) is 4.65. The predicted molar refractivity (Wildman–Crippen MR) is 130 cm³/mol. The van der Waals surface area contributed by atoms with Crippen LogP contribution in [0.25, 0.3) is 0 Å². The van der Waals surface area contributed by atoms with Crippen molar-refractivity contribution in [2.24, 2.45) is 0 Å². The molecule has 0 bridgehead atoms. The fraction of sp³-hybridized carbons (Fsp3) is 0.917. The van der Waals surface area contributed by atoms with Crippen molar-refractivity contribution in [3.05, 3.63) is 0 Å². The molecule has 0 saturated carbocycles. The molecule has 38 heavy (non-hydrogen) atoms. The van der Waals surface area contributed by atoms with E-state index in [0.717, 1.165) is 38.5 Å². The Morgan fingerprint density at radius 2 is 0.842 bits per heavy atom. The summed E-state index contributed by atoms with van der Waals surface area (Å²) >= 11 is 0. The molecule has 2 unspecified atom stereocenters. The lowest BCUT2D eigenvalue weighted by Gasteiger charge is -2.40. The highest BCUT2D eigenvalue weighted by molar-refractivity contribution is 5.76. The molecule has 0 radical (unpaired) electrons. The molecule has 2 fully saturated rings. The van der Waals surface area contributed by atoms with Crippen LogP contribution in [0.5, 0.6) is 0 Å². The molecule has 10 N–H and O–H groups in total. The number of aliphatic hydroxyl groups is 8. The molecule has 2 aliphatic rings. The highest BCUT2D eigenvalue weighted by Crippen LogP contribution is 2.21. The number of carbonyl (C=O) groups excluding carboxylic acids is 2. The maximum absolute atomic E-state index is 12.1. The highest BCUT2D eigenvalue weighted by Gasteiger charge is 2.45. The Balaban J connectivity index is 1.48. The number of unbranched alkanes of at least 4 members (excludes halogenated alkanes) is 7. The molecule has 0 aromatic carbocycles. The van der Waals surface area contributed by atoms with Crippen LogP contribution >= 0.6 is 0 Å². The summed E-state index contributed by atoms with van der Waals surface area (Å²) in [6.07, 6.45) is -4.11. The number of ether oxygens (including phenoxy) is 2. The summed E-state index contributed by atoms with van der Waals surface area (Å²) in [5.41, 5.74) is 0. The van der Waals surface area contributed by atoms with E-state index in [1.54, 1.807) is 0 Å². The van der Waals surface area contributed by atoms with E-state index in [2.05, 4.69) is 10.6 Å². The molecule has 2 aliphatic heterocycles. The molecule has 2 saturated heterocycles. The molecule has 222 valence electrons. The second-order valence-corrected chi connectivity index (χ2v) is 9.97. The van der Waals surface area contributed by atoms with Crippen LogP contribution in [-0.4, -0.2) is 127 Å². The molecule has 0 spiro atoms. The second-order valence-electron chi connectivity index (χ2n) is 9.97. The molecule has 0 aliphatic carbocycles. The van der Waals surface area contributed by atoms with Gasteiger partial charge in [0, 0.05) is 12.8 Å². The van der Waals surface area contributed by atoms with Crippen LogP contribution in [0.2, 0.25) is 0 Å². The van der Waals surface area contributed by atoms with Gasteiger partial charge in [0.2, 0.25) is 11.8 Å². The van der Waals surface area contributed by atoms with E-state index < -0.39 is 74.5 Å². The molecule has 14 heteroatoms. The summed E-state index contributed by atoms with van der Waals surface area (Å²) in [6, 6.07) is -2.36. The van der Waals surface area contributed by atoms with Crippen LogP contribution in [0.3, 0.4) is 0 Å². The summed E-state index contributed by atoms with van der Waals surface area (Å²) in [6.45, 7) is -1.15. The van der Waals surface area contributed by atoms with Gasteiger partial charge in [-0.25, -0.2) is 0 Å². The van der Waals surface area contributed by atoms with E-state index in [-0.39, 0.29) is 24.7 Å². The zero-order valence-corrected chi connectivity index (χ0v) is 21.5. The standard InChI is InChI=1S/C24H44N2O12/c27-11-13-19(31)21(33)17(23(35)37-13)25-15(29)9-7-5-3-1-2-4-6-8-10-16(30)26-18-22(34)20(32)14(12-28)38-24(18)36/h13-14,17-24,27-28,31-36H,1-12H2,(H,25,29)(H,26,30)/t13-,14-,17-,18-,19-,20-,21-,22-,23?,24?/m1/s1. The van der Waals surface area contributed by atoms with E-state index in [9.17, 15) is 40.2 Å². The molecule has 0 aromatic heterocycles. The minimum absolute atomic E-state index is 0.192. The van der Waals surface area contributed by atoms with Gasteiger partial charge in [-0.05, 0) is 12.8 Å². The predicted octanol–water partition coefficient (Wildman–Crippen LogP) is -3.28. The van der Waals surface area contributed by atoms with Gasteiger partial charge in [0.05, 0.1) is 13.2 Å². The van der Waals surface area contributed by atoms with Crippen LogP contribution in [0.4, 0.5) is 0 Å². The maximum atomic E-state index is 12.1. The average Bonchev–Trinajstić information content (AvgIpc) is 2.89. The zero-order chi connectivity index (χ0) is 28.2. The van der Waals surface area contributed by atoms with E-state index >= 15 is 0 Å². The molecule has 2 amide bonds. The van der Waals surface area contributed by atoms with Gasteiger partial charge in [-0.1, -0.05) is 38.5 Å². The summed E-state index contributed by atoms with van der Waals surface area (Å²) in [7, 11) is 0. The van der Waals surface area contributed by atoms with Crippen molar-refractivity contribution in [2.45, 2.75) is 125 Å². The van der Waals surface area contributed by atoms with Crippen molar-refractivity contribution in [3.63, 3.8) is 0 Å². The monoisotopic (exact) mass is 552 g/mol. The van der Waals surface area contributed by atoms with Crippen molar-refractivity contribution >= 4 is 11.8 Å². The van der Waals surface area contributed by atoms with Crippen LogP contribution < -0.4 is 10.6 Å². The molecule has 14 nitrogen and oxygen atoms in total. The van der Waals surface area contributed by atoms with Crippen LogP contribution in [0, 0.1) is 0 Å². The summed E-state index contributed by atoms with van der Waals surface area (Å²) in [5, 5.41) is 82.8. The van der Waals surface area contributed by atoms with Crippen LogP contribution in [-0.2, 0) is 19.1 Å². The molecule has 0 aromatic rings. The molecular formula is C24H44N2O12. The van der Waals surface area contributed by atoms with Gasteiger partial charge in [-0.2, -0.15) is 0 Å². The van der Waals surface area contributed by atoms with Crippen LogP contribution in [0.1, 0.15) is 64.2 Å². The Hall–Kier alpha value is -1.46. The number of rotatable bonds is 15. The summed E-state index contributed by atoms with van der Waals surface area (Å²) in [4.78, 5) is 24.2. The number of hydrogen-bond donors (Lipinski definition) is 10. The minimum Gasteiger partial charge on any atom is -0.394 e. The highest BCUT2D eigenvalue weighted by atomic mass is 16.6. The number of amides is 2. The summed E-state index contributed by atoms with van der Waals surface area (Å²) in [5.74, 6) is -0.764. The lowest BCUT2D eigenvalue weighted by atomic mass is 9.97. The Labute approximate surface area is 221 Å². The Kier molecular flexibility index (Phi) is 14.3. The minimum atomic E-state index is -1.53. The van der Waals surface area contributed by atoms with Crippen molar-refractivity contribution < 1.29 is 59.9 Å². The van der Waals surface area contributed by atoms with E-state index in [1.807, 2.05) is 0 Å². The SMILES string of the molecule is O=C(CCCCCCCCCCC(=O)N[C@H]1C(O)O[C@H](CO)[C@@H](O)[C@@H]1O)N[C@H]1C(O)O[C@H](CO)[C@@H](O)[C@@H]1O. The van der Waals surface area contributed by atoms with Gasteiger partial charge in [0.15, 0.2) is 12.6 Å². The number of carbonyl (C=O) groups is 2. The van der Waals surface area contributed by atoms with Gasteiger partial charge in [-0.15, -0.1) is 0 Å². The van der Waals surface area contributed by atoms with E-state index in [4.69, 9.17) is 19.7 Å². The third-order valence-corrected chi connectivity index (χ3v) is 7.01. The Morgan fingerprint density at radius 1 is 0.526 bits per heavy atom. The third-order valence-electron chi connectivity index (χ3n) is 7.01. The Bertz CT molecular complexity index is 658. The van der Waals surface area contributed by atoms with Gasteiger partial charge in [0.1, 0.15) is 48.7 Å². The Morgan fingerprint density at radius 3 is 1.16 bits per heavy atom. The first-order valence-electron chi connectivity index (χ1n) is 13.3. The lowest BCUT2D eigenvalue weighted by Crippen LogP contribution is -2.64. The normalized spacial score (nSPS) is 35.6. The molecular weight excluding hydrogens is 508 g/mol. The quantitative estimate of drug-likeness (QED) is 0.0900. The van der Waals surface area contributed by atoms with Gasteiger partial charge >= 0.3 is 0 Å². The first kappa shape index (κ1) is 32.8. The van der Waals surface area contributed by atoms with Gasteiger partial charge < -0.3 is 61.0 Å². The first-order chi connectivity index (χ1) is 18.1. The van der Waals surface area contributed by atoms with Crippen molar-refractivity contribution in [1.29, 1.82) is 0 Å². The van der Waals surface area contributed by atoms with Crippen molar-refractivity contribution in [3.8, 4) is 0 Å². The second kappa shape index (κ2) is 16.6. The number of aliphatic hydroxyl groups excluding tert-OH is 8. The molecule has 2 rings (SSSR count). The van der Waals surface area contributed by atoms with Crippen LogP contribution in [0.15, 0.2) is 0 Å².